The van der Waals surface area contributed by atoms with E-state index < -0.39 is 4.92 Å². The molecule has 1 N–H and O–H groups in total. The number of hydrogen-bond acceptors (Lipinski definition) is 4. The lowest BCUT2D eigenvalue weighted by Gasteiger charge is -2.18. The molecule has 0 aliphatic heterocycles. The Balaban J connectivity index is 2.62. The molecular weight excluding hydrogens is 244 g/mol. The molecule has 1 aromatic carbocycles. The molecule has 0 aromatic heterocycles. The molecule has 19 heavy (non-hydrogen) atoms. The highest BCUT2D eigenvalue weighted by Gasteiger charge is 2.11. The molecule has 1 rings (SSSR count). The standard InChI is InChI=1S/C14H22N2O3/c1-14(2,3)5-6-15-10-11-7-12(16(17)18)9-13(8-11)19-4/h7-9,15H,5-6,10H2,1-4H3. The van der Waals surface area contributed by atoms with Gasteiger partial charge < -0.3 is 10.1 Å². The van der Waals surface area contributed by atoms with Crippen molar-refractivity contribution in [1.82, 2.24) is 5.32 Å². The van der Waals surface area contributed by atoms with E-state index in [1.54, 1.807) is 6.07 Å². The Labute approximate surface area is 114 Å². The van der Waals surface area contributed by atoms with Crippen LogP contribution >= 0.6 is 0 Å². The summed E-state index contributed by atoms with van der Waals surface area (Å²) in [5.74, 6) is 0.516. The summed E-state index contributed by atoms with van der Waals surface area (Å²) in [7, 11) is 1.51. The van der Waals surface area contributed by atoms with Crippen LogP contribution in [0, 0.1) is 15.5 Å². The quantitative estimate of drug-likeness (QED) is 0.488. The van der Waals surface area contributed by atoms with Crippen LogP contribution in [0.25, 0.3) is 0 Å². The summed E-state index contributed by atoms with van der Waals surface area (Å²) in [5.41, 5.74) is 1.21. The van der Waals surface area contributed by atoms with E-state index in [1.807, 2.05) is 6.07 Å². The second-order valence-electron chi connectivity index (χ2n) is 5.78. The Morgan fingerprint density at radius 2 is 2.00 bits per heavy atom. The third-order valence-corrected chi connectivity index (χ3v) is 2.78. The summed E-state index contributed by atoms with van der Waals surface area (Å²) in [6.45, 7) is 8.05. The van der Waals surface area contributed by atoms with Gasteiger partial charge in [-0.1, -0.05) is 20.8 Å². The average molecular weight is 266 g/mol. The lowest BCUT2D eigenvalue weighted by Crippen LogP contribution is -2.20. The molecule has 0 heterocycles. The largest absolute Gasteiger partial charge is 0.496 e. The summed E-state index contributed by atoms with van der Waals surface area (Å²) >= 11 is 0. The lowest BCUT2D eigenvalue weighted by atomic mass is 9.92. The molecule has 0 amide bonds. The van der Waals surface area contributed by atoms with Gasteiger partial charge in [0.15, 0.2) is 0 Å². The fourth-order valence-corrected chi connectivity index (χ4v) is 1.66. The fraction of sp³-hybridized carbons (Fsp3) is 0.571. The number of benzene rings is 1. The van der Waals surface area contributed by atoms with Crippen molar-refractivity contribution < 1.29 is 9.66 Å². The number of nitro benzene ring substituents is 1. The third kappa shape index (κ3) is 5.70. The number of nitrogens with one attached hydrogen (secondary N) is 1. The van der Waals surface area contributed by atoms with Gasteiger partial charge in [-0.2, -0.15) is 0 Å². The Bertz CT molecular complexity index is 439. The minimum absolute atomic E-state index is 0.0620. The molecular formula is C14H22N2O3. The molecule has 0 saturated heterocycles. The number of nitrogens with zero attached hydrogens (tertiary/aromatic N) is 1. The summed E-state index contributed by atoms with van der Waals surface area (Å²) in [4.78, 5) is 10.4. The zero-order valence-electron chi connectivity index (χ0n) is 12.0. The third-order valence-electron chi connectivity index (χ3n) is 2.78. The molecule has 0 atom stereocenters. The van der Waals surface area contributed by atoms with Crippen LogP contribution < -0.4 is 10.1 Å². The van der Waals surface area contributed by atoms with Crippen LogP contribution in [0.2, 0.25) is 0 Å². The van der Waals surface area contributed by atoms with Crippen LogP contribution in [-0.2, 0) is 6.54 Å². The lowest BCUT2D eigenvalue weighted by molar-refractivity contribution is -0.385. The van der Waals surface area contributed by atoms with E-state index in [2.05, 4.69) is 26.1 Å². The van der Waals surface area contributed by atoms with E-state index in [-0.39, 0.29) is 11.1 Å². The van der Waals surface area contributed by atoms with Gasteiger partial charge in [-0.15, -0.1) is 0 Å². The Hall–Kier alpha value is -1.62. The summed E-state index contributed by atoms with van der Waals surface area (Å²) in [6.07, 6.45) is 1.05. The molecule has 1 aromatic rings. The molecule has 5 heteroatoms. The number of methoxy groups -OCH3 is 1. The molecule has 0 radical (unpaired) electrons. The second kappa shape index (κ2) is 6.52. The average Bonchev–Trinajstić information content (AvgIpc) is 2.33. The van der Waals surface area contributed by atoms with Crippen molar-refractivity contribution >= 4 is 5.69 Å². The first kappa shape index (κ1) is 15.4. The predicted octanol–water partition coefficient (Wildman–Crippen LogP) is 3.13. The van der Waals surface area contributed by atoms with E-state index in [0.29, 0.717) is 12.3 Å². The topological polar surface area (TPSA) is 64.4 Å². The van der Waals surface area contributed by atoms with Crippen molar-refractivity contribution in [3.8, 4) is 5.75 Å². The van der Waals surface area contributed by atoms with Gasteiger partial charge in [-0.3, -0.25) is 10.1 Å². The van der Waals surface area contributed by atoms with Crippen LogP contribution in [0.4, 0.5) is 5.69 Å². The van der Waals surface area contributed by atoms with Gasteiger partial charge in [0.25, 0.3) is 5.69 Å². The molecule has 106 valence electrons. The fourth-order valence-electron chi connectivity index (χ4n) is 1.66. The molecule has 0 aliphatic carbocycles. The smallest absolute Gasteiger partial charge is 0.273 e. The van der Waals surface area contributed by atoms with Gasteiger partial charge in [0, 0.05) is 12.6 Å². The number of ether oxygens (including phenoxy) is 1. The monoisotopic (exact) mass is 266 g/mol. The maximum Gasteiger partial charge on any atom is 0.273 e. The maximum atomic E-state index is 10.8. The van der Waals surface area contributed by atoms with Gasteiger partial charge in [-0.05, 0) is 30.0 Å². The van der Waals surface area contributed by atoms with Crippen molar-refractivity contribution in [2.45, 2.75) is 33.7 Å². The Kier molecular flexibility index (Phi) is 5.30. The summed E-state index contributed by atoms with van der Waals surface area (Å²) < 4.78 is 5.07. The van der Waals surface area contributed by atoms with Crippen LogP contribution in [0.5, 0.6) is 5.75 Å². The molecule has 5 nitrogen and oxygen atoms in total. The minimum Gasteiger partial charge on any atom is -0.496 e. The molecule has 0 bridgehead atoms. The first-order valence-corrected chi connectivity index (χ1v) is 6.35. The van der Waals surface area contributed by atoms with Crippen molar-refractivity contribution in [3.05, 3.63) is 33.9 Å². The van der Waals surface area contributed by atoms with Crippen LogP contribution in [0.15, 0.2) is 18.2 Å². The first-order chi connectivity index (χ1) is 8.81. The van der Waals surface area contributed by atoms with Crippen molar-refractivity contribution in [2.24, 2.45) is 5.41 Å². The molecule has 0 saturated carbocycles. The highest BCUT2D eigenvalue weighted by atomic mass is 16.6. The molecule has 0 unspecified atom stereocenters. The zero-order valence-corrected chi connectivity index (χ0v) is 12.0. The molecule has 0 fully saturated rings. The SMILES string of the molecule is COc1cc(CNCCC(C)(C)C)cc([N+](=O)[O-])c1. The van der Waals surface area contributed by atoms with Crippen LogP contribution in [0.1, 0.15) is 32.8 Å². The maximum absolute atomic E-state index is 10.8. The van der Waals surface area contributed by atoms with Crippen molar-refractivity contribution in [2.75, 3.05) is 13.7 Å². The van der Waals surface area contributed by atoms with Gasteiger partial charge in [0.1, 0.15) is 5.75 Å². The van der Waals surface area contributed by atoms with Crippen molar-refractivity contribution in [1.29, 1.82) is 0 Å². The highest BCUT2D eigenvalue weighted by molar-refractivity contribution is 5.42. The van der Waals surface area contributed by atoms with Crippen LogP contribution in [0.3, 0.4) is 0 Å². The second-order valence-corrected chi connectivity index (χ2v) is 5.78. The van der Waals surface area contributed by atoms with Gasteiger partial charge in [0.05, 0.1) is 18.1 Å². The first-order valence-electron chi connectivity index (χ1n) is 6.35. The van der Waals surface area contributed by atoms with Crippen LogP contribution in [-0.4, -0.2) is 18.6 Å². The normalized spacial score (nSPS) is 11.4. The van der Waals surface area contributed by atoms with E-state index in [4.69, 9.17) is 4.74 Å². The van der Waals surface area contributed by atoms with E-state index in [0.717, 1.165) is 18.5 Å². The summed E-state index contributed by atoms with van der Waals surface area (Å²) in [6, 6.07) is 4.82. The van der Waals surface area contributed by atoms with Crippen molar-refractivity contribution in [3.63, 3.8) is 0 Å². The van der Waals surface area contributed by atoms with Gasteiger partial charge >= 0.3 is 0 Å². The number of non-ortho nitro benzene ring substituents is 1. The number of rotatable bonds is 6. The Morgan fingerprint density at radius 3 is 2.53 bits per heavy atom. The molecule has 0 spiro atoms. The van der Waals surface area contributed by atoms with E-state index >= 15 is 0 Å². The number of hydrogen-bond donors (Lipinski definition) is 1. The number of nitro groups is 1. The molecule has 0 aliphatic rings. The highest BCUT2D eigenvalue weighted by Crippen LogP contribution is 2.22. The zero-order chi connectivity index (χ0) is 14.5. The summed E-state index contributed by atoms with van der Waals surface area (Å²) in [5, 5.41) is 14.1. The predicted molar refractivity (Wildman–Crippen MR) is 75.4 cm³/mol. The Morgan fingerprint density at radius 1 is 1.32 bits per heavy atom. The van der Waals surface area contributed by atoms with E-state index in [9.17, 15) is 10.1 Å². The van der Waals surface area contributed by atoms with Gasteiger partial charge in [-0.25, -0.2) is 0 Å². The minimum atomic E-state index is -0.402. The van der Waals surface area contributed by atoms with E-state index in [1.165, 1.54) is 13.2 Å². The van der Waals surface area contributed by atoms with Gasteiger partial charge in [0.2, 0.25) is 0 Å².